The Morgan fingerprint density at radius 2 is 1.09 bits per heavy atom. The molecule has 3 heterocycles. The zero-order chi connectivity index (χ0) is 23.2. The topological polar surface area (TPSA) is 30.7 Å². The monoisotopic (exact) mass is 447 g/mol. The molecule has 0 N–H and O–H groups in total. The fraction of sp³-hybridized carbons (Fsp3) is 0. The molecule has 0 saturated carbocycles. The van der Waals surface area contributed by atoms with Crippen molar-refractivity contribution in [1.29, 1.82) is 0 Å². The van der Waals surface area contributed by atoms with Crippen LogP contribution in [-0.4, -0.2) is 14.5 Å². The van der Waals surface area contributed by atoms with E-state index in [1.54, 1.807) is 0 Å². The van der Waals surface area contributed by atoms with E-state index in [1.807, 2.05) is 18.2 Å². The molecule has 0 radical (unpaired) electrons. The van der Waals surface area contributed by atoms with Crippen molar-refractivity contribution in [2.24, 2.45) is 0 Å². The van der Waals surface area contributed by atoms with Crippen LogP contribution in [0.3, 0.4) is 0 Å². The summed E-state index contributed by atoms with van der Waals surface area (Å²) in [6, 6.07) is 44.2. The van der Waals surface area contributed by atoms with Gasteiger partial charge in [-0.25, -0.2) is 9.97 Å². The number of nitrogens with zero attached hydrogens (tertiary/aromatic N) is 3. The second kappa shape index (κ2) is 7.93. The van der Waals surface area contributed by atoms with Gasteiger partial charge < -0.3 is 4.57 Å². The number of para-hydroxylation sites is 2. The van der Waals surface area contributed by atoms with Crippen LogP contribution in [-0.2, 0) is 0 Å². The summed E-state index contributed by atoms with van der Waals surface area (Å²) in [5, 5.41) is 2.28. The lowest BCUT2D eigenvalue weighted by Crippen LogP contribution is -1.98. The lowest BCUT2D eigenvalue weighted by atomic mass is 10.1. The fourth-order valence-electron chi connectivity index (χ4n) is 4.91. The number of rotatable bonds is 3. The van der Waals surface area contributed by atoms with Crippen molar-refractivity contribution in [2.45, 2.75) is 0 Å². The van der Waals surface area contributed by atoms with Gasteiger partial charge in [0.15, 0.2) is 0 Å². The van der Waals surface area contributed by atoms with Crippen LogP contribution in [0.1, 0.15) is 0 Å². The quantitative estimate of drug-likeness (QED) is 0.274. The van der Waals surface area contributed by atoms with Crippen LogP contribution in [0.15, 0.2) is 127 Å². The van der Waals surface area contributed by atoms with Crippen molar-refractivity contribution >= 4 is 32.8 Å². The van der Waals surface area contributed by atoms with Crippen molar-refractivity contribution in [1.82, 2.24) is 14.5 Å². The van der Waals surface area contributed by atoms with Crippen molar-refractivity contribution in [2.75, 3.05) is 0 Å². The van der Waals surface area contributed by atoms with E-state index in [-0.39, 0.29) is 0 Å². The Kier molecular flexibility index (Phi) is 4.46. The molecule has 7 aromatic rings. The number of benzene rings is 4. The Bertz CT molecular complexity index is 1780. The molecule has 7 rings (SSSR count). The Morgan fingerprint density at radius 3 is 1.80 bits per heavy atom. The van der Waals surface area contributed by atoms with Gasteiger partial charge in [-0.1, -0.05) is 97.1 Å². The number of pyridine rings is 2. The summed E-state index contributed by atoms with van der Waals surface area (Å²) < 4.78 is 2.32. The van der Waals surface area contributed by atoms with E-state index in [1.165, 1.54) is 0 Å². The molecule has 0 bridgehead atoms. The highest BCUT2D eigenvalue weighted by atomic mass is 15.0. The summed E-state index contributed by atoms with van der Waals surface area (Å²) >= 11 is 0. The molecule has 4 aromatic carbocycles. The molecule has 0 aliphatic heterocycles. The molecule has 0 atom stereocenters. The second-order valence-corrected chi connectivity index (χ2v) is 8.73. The molecule has 0 spiro atoms. The number of hydrogen-bond acceptors (Lipinski definition) is 2. The average molecular weight is 448 g/mol. The summed E-state index contributed by atoms with van der Waals surface area (Å²) in [7, 11) is 0. The normalized spacial score (nSPS) is 11.4. The van der Waals surface area contributed by atoms with E-state index in [9.17, 15) is 0 Å². The molecule has 0 unspecified atom stereocenters. The minimum atomic E-state index is 0.946. The van der Waals surface area contributed by atoms with Gasteiger partial charge in [0.25, 0.3) is 0 Å². The van der Waals surface area contributed by atoms with E-state index in [0.29, 0.717) is 0 Å². The van der Waals surface area contributed by atoms with E-state index >= 15 is 0 Å². The number of fused-ring (bicyclic) bond motifs is 4. The SMILES string of the molecule is c1ccc(-c2cc(-n3c4ccccc4c4nc5ccccc5cc43)cc(-c3ccccc3)n2)cc1. The second-order valence-electron chi connectivity index (χ2n) is 8.73. The Balaban J connectivity index is 1.59. The van der Waals surface area contributed by atoms with Gasteiger partial charge >= 0.3 is 0 Å². The number of hydrogen-bond donors (Lipinski definition) is 0. The maximum Gasteiger partial charge on any atom is 0.0971 e. The summed E-state index contributed by atoms with van der Waals surface area (Å²) in [4.78, 5) is 10.1. The Hall–Kier alpha value is -4.76. The van der Waals surface area contributed by atoms with Crippen LogP contribution in [0.2, 0.25) is 0 Å². The largest absolute Gasteiger partial charge is 0.307 e. The average Bonchev–Trinajstić information content (AvgIpc) is 3.26. The highest BCUT2D eigenvalue weighted by molar-refractivity contribution is 6.10. The van der Waals surface area contributed by atoms with Crippen molar-refractivity contribution in [3.63, 3.8) is 0 Å². The maximum absolute atomic E-state index is 5.08. The zero-order valence-corrected chi connectivity index (χ0v) is 19.0. The Labute approximate surface area is 203 Å². The first-order valence-corrected chi connectivity index (χ1v) is 11.8. The van der Waals surface area contributed by atoms with Crippen LogP contribution in [0.4, 0.5) is 0 Å². The van der Waals surface area contributed by atoms with Crippen LogP contribution < -0.4 is 0 Å². The van der Waals surface area contributed by atoms with Crippen molar-refractivity contribution in [3.05, 3.63) is 127 Å². The van der Waals surface area contributed by atoms with Gasteiger partial charge in [0.1, 0.15) is 0 Å². The molecule has 35 heavy (non-hydrogen) atoms. The highest BCUT2D eigenvalue weighted by Crippen LogP contribution is 2.35. The third kappa shape index (κ3) is 3.29. The van der Waals surface area contributed by atoms with E-state index < -0.39 is 0 Å². The van der Waals surface area contributed by atoms with E-state index in [4.69, 9.17) is 9.97 Å². The van der Waals surface area contributed by atoms with E-state index in [0.717, 1.165) is 61.0 Å². The minimum absolute atomic E-state index is 0.946. The number of aromatic nitrogens is 3. The van der Waals surface area contributed by atoms with Gasteiger partial charge in [-0.05, 0) is 30.3 Å². The molecule has 164 valence electrons. The fourth-order valence-corrected chi connectivity index (χ4v) is 4.91. The highest BCUT2D eigenvalue weighted by Gasteiger charge is 2.16. The maximum atomic E-state index is 5.08. The first-order chi connectivity index (χ1) is 17.3. The van der Waals surface area contributed by atoms with Crippen LogP contribution >= 0.6 is 0 Å². The van der Waals surface area contributed by atoms with Gasteiger partial charge in [0.2, 0.25) is 0 Å². The van der Waals surface area contributed by atoms with Crippen molar-refractivity contribution < 1.29 is 0 Å². The summed E-state index contributed by atoms with van der Waals surface area (Å²) in [6.45, 7) is 0. The minimum Gasteiger partial charge on any atom is -0.307 e. The zero-order valence-electron chi connectivity index (χ0n) is 19.0. The molecule has 0 fully saturated rings. The Morgan fingerprint density at radius 1 is 0.486 bits per heavy atom. The molecule has 0 aliphatic rings. The smallest absolute Gasteiger partial charge is 0.0971 e. The predicted octanol–water partition coefficient (Wildman–Crippen LogP) is 8.06. The van der Waals surface area contributed by atoms with Crippen molar-refractivity contribution in [3.8, 4) is 28.2 Å². The molecule has 0 amide bonds. The summed E-state index contributed by atoms with van der Waals surface area (Å²) in [5.41, 5.74) is 9.39. The molecular formula is C32H21N3. The summed E-state index contributed by atoms with van der Waals surface area (Å²) in [5.74, 6) is 0. The van der Waals surface area contributed by atoms with Gasteiger partial charge in [0.05, 0.1) is 39.1 Å². The molecule has 3 nitrogen and oxygen atoms in total. The van der Waals surface area contributed by atoms with Crippen LogP contribution in [0.25, 0.3) is 61.0 Å². The van der Waals surface area contributed by atoms with Crippen LogP contribution in [0, 0.1) is 0 Å². The first kappa shape index (κ1) is 19.7. The molecule has 3 aromatic heterocycles. The van der Waals surface area contributed by atoms with Gasteiger partial charge in [-0.2, -0.15) is 0 Å². The third-order valence-corrected chi connectivity index (χ3v) is 6.55. The van der Waals surface area contributed by atoms with Gasteiger partial charge in [-0.3, -0.25) is 0 Å². The molecule has 0 saturated heterocycles. The standard InChI is InChI=1S/C32H21N3/c1-3-11-22(12-4-1)28-20-25(21-29(33-28)23-13-5-2-6-14-23)35-30-18-10-8-16-26(30)32-31(35)19-24-15-7-9-17-27(24)34-32/h1-21H. The van der Waals surface area contributed by atoms with E-state index in [2.05, 4.69) is 114 Å². The molecule has 0 aliphatic carbocycles. The lowest BCUT2D eigenvalue weighted by molar-refractivity contribution is 1.16. The van der Waals surface area contributed by atoms with Crippen LogP contribution in [0.5, 0.6) is 0 Å². The summed E-state index contributed by atoms with van der Waals surface area (Å²) in [6.07, 6.45) is 0. The molecule has 3 heteroatoms. The predicted molar refractivity (Wildman–Crippen MR) is 145 cm³/mol. The first-order valence-electron chi connectivity index (χ1n) is 11.8. The lowest BCUT2D eigenvalue weighted by Gasteiger charge is -2.13. The third-order valence-electron chi connectivity index (χ3n) is 6.55. The van der Waals surface area contributed by atoms with Gasteiger partial charge in [-0.15, -0.1) is 0 Å². The van der Waals surface area contributed by atoms with Gasteiger partial charge in [0, 0.05) is 21.9 Å². The molecular weight excluding hydrogens is 426 g/mol.